The molecule has 0 bridgehead atoms. The summed E-state index contributed by atoms with van der Waals surface area (Å²) in [6, 6.07) is 3.05. The van der Waals surface area contributed by atoms with Crippen molar-refractivity contribution in [3.8, 4) is 0 Å². The molecule has 0 amide bonds. The van der Waals surface area contributed by atoms with Gasteiger partial charge in [-0.3, -0.25) is 4.79 Å². The van der Waals surface area contributed by atoms with Gasteiger partial charge in [0.05, 0.1) is 15.8 Å². The van der Waals surface area contributed by atoms with Gasteiger partial charge < -0.3 is 5.11 Å². The van der Waals surface area contributed by atoms with Crippen LogP contribution in [0, 0.1) is 0 Å². The average Bonchev–Trinajstić information content (AvgIpc) is 2.01. The van der Waals surface area contributed by atoms with Crippen molar-refractivity contribution in [1.82, 2.24) is 0 Å². The maximum atomic E-state index is 10.3. The predicted molar refractivity (Wildman–Crippen MR) is 59.8 cm³/mol. The van der Waals surface area contributed by atoms with Gasteiger partial charge in [-0.1, -0.05) is 34.8 Å². The smallest absolute Gasteiger partial charge is 0.313 e. The van der Waals surface area contributed by atoms with E-state index in [2.05, 4.69) is 0 Å². The van der Waals surface area contributed by atoms with Crippen molar-refractivity contribution in [3.05, 3.63) is 27.2 Å². The van der Waals surface area contributed by atoms with E-state index in [1.165, 1.54) is 12.1 Å². The highest BCUT2D eigenvalue weighted by Gasteiger charge is 2.09. The van der Waals surface area contributed by atoms with E-state index in [9.17, 15) is 4.79 Å². The van der Waals surface area contributed by atoms with Gasteiger partial charge in [-0.05, 0) is 12.1 Å². The van der Waals surface area contributed by atoms with Gasteiger partial charge in [0.2, 0.25) is 0 Å². The Morgan fingerprint density at radius 2 is 1.79 bits per heavy atom. The lowest BCUT2D eigenvalue weighted by atomic mass is 10.4. The monoisotopic (exact) mass is 270 g/mol. The third kappa shape index (κ3) is 3.24. The van der Waals surface area contributed by atoms with E-state index in [4.69, 9.17) is 39.9 Å². The Kier molecular flexibility index (Phi) is 4.38. The summed E-state index contributed by atoms with van der Waals surface area (Å²) in [6.45, 7) is 0. The van der Waals surface area contributed by atoms with Gasteiger partial charge in [-0.25, -0.2) is 0 Å². The fourth-order valence-electron chi connectivity index (χ4n) is 0.801. The van der Waals surface area contributed by atoms with Gasteiger partial charge in [0.15, 0.2) is 0 Å². The Bertz CT molecular complexity index is 345. The number of hydrogen-bond donors (Lipinski definition) is 1. The van der Waals surface area contributed by atoms with Crippen LogP contribution in [0.3, 0.4) is 0 Å². The van der Waals surface area contributed by atoms with E-state index in [-0.39, 0.29) is 5.75 Å². The number of rotatable bonds is 3. The summed E-state index contributed by atoms with van der Waals surface area (Å²) in [5.74, 6) is -1.00. The average molecular weight is 272 g/mol. The standard InChI is InChI=1S/C8H5Cl3O2S/c9-4-1-5(10)8(6(11)2-4)14-3-7(12)13/h1-2H,3H2,(H,12,13). The van der Waals surface area contributed by atoms with Gasteiger partial charge in [-0.15, -0.1) is 11.8 Å². The van der Waals surface area contributed by atoms with Crippen LogP contribution < -0.4 is 0 Å². The first kappa shape index (κ1) is 12.0. The van der Waals surface area contributed by atoms with Crippen molar-refractivity contribution in [1.29, 1.82) is 0 Å². The van der Waals surface area contributed by atoms with Crippen molar-refractivity contribution in [2.45, 2.75) is 4.90 Å². The lowest BCUT2D eigenvalue weighted by molar-refractivity contribution is -0.133. The molecule has 0 unspecified atom stereocenters. The van der Waals surface area contributed by atoms with Crippen LogP contribution in [0.2, 0.25) is 15.1 Å². The van der Waals surface area contributed by atoms with Crippen LogP contribution in [-0.4, -0.2) is 16.8 Å². The highest BCUT2D eigenvalue weighted by Crippen LogP contribution is 2.36. The maximum absolute atomic E-state index is 10.3. The summed E-state index contributed by atoms with van der Waals surface area (Å²) in [6.07, 6.45) is 0. The normalized spacial score (nSPS) is 10.2. The highest BCUT2D eigenvalue weighted by molar-refractivity contribution is 8.00. The molecule has 0 aliphatic rings. The highest BCUT2D eigenvalue weighted by atomic mass is 35.5. The summed E-state index contributed by atoms with van der Waals surface area (Å²) >= 11 is 18.4. The zero-order valence-electron chi connectivity index (χ0n) is 6.76. The molecule has 1 rings (SSSR count). The summed E-state index contributed by atoms with van der Waals surface area (Å²) in [5.41, 5.74) is 0. The van der Waals surface area contributed by atoms with Crippen molar-refractivity contribution in [2.24, 2.45) is 0 Å². The minimum Gasteiger partial charge on any atom is -0.481 e. The van der Waals surface area contributed by atoms with Crippen molar-refractivity contribution >= 4 is 52.5 Å². The summed E-state index contributed by atoms with van der Waals surface area (Å²) < 4.78 is 0. The lowest BCUT2D eigenvalue weighted by Gasteiger charge is -2.05. The van der Waals surface area contributed by atoms with Crippen molar-refractivity contribution in [3.63, 3.8) is 0 Å². The van der Waals surface area contributed by atoms with Gasteiger partial charge in [-0.2, -0.15) is 0 Å². The molecule has 1 aromatic rings. The van der Waals surface area contributed by atoms with E-state index in [1.54, 1.807) is 0 Å². The number of carbonyl (C=O) groups is 1. The molecule has 1 aromatic carbocycles. The number of aliphatic carboxylic acids is 1. The third-order valence-corrected chi connectivity index (χ3v) is 3.46. The number of benzene rings is 1. The Hall–Kier alpha value is -0.0900. The van der Waals surface area contributed by atoms with Gasteiger partial charge >= 0.3 is 5.97 Å². The second kappa shape index (κ2) is 5.12. The third-order valence-electron chi connectivity index (χ3n) is 1.30. The fourth-order valence-corrected chi connectivity index (χ4v) is 2.61. The number of carboxylic acid groups (broad SMARTS) is 1. The quantitative estimate of drug-likeness (QED) is 0.849. The molecule has 76 valence electrons. The van der Waals surface area contributed by atoms with Crippen LogP contribution in [0.4, 0.5) is 0 Å². The number of halogens is 3. The van der Waals surface area contributed by atoms with Crippen LogP contribution in [0.1, 0.15) is 0 Å². The first-order chi connectivity index (χ1) is 6.50. The molecule has 1 N–H and O–H groups in total. The van der Waals surface area contributed by atoms with Crippen LogP contribution in [0.5, 0.6) is 0 Å². The Labute approximate surface area is 100 Å². The molecule has 0 heterocycles. The second-order valence-corrected chi connectivity index (χ2v) is 4.62. The molecule has 2 nitrogen and oxygen atoms in total. The Morgan fingerprint density at radius 3 is 2.21 bits per heavy atom. The molecule has 0 radical (unpaired) electrons. The van der Waals surface area contributed by atoms with Gasteiger partial charge in [0, 0.05) is 9.92 Å². The van der Waals surface area contributed by atoms with E-state index >= 15 is 0 Å². The maximum Gasteiger partial charge on any atom is 0.313 e. The second-order valence-electron chi connectivity index (χ2n) is 2.38. The molecular formula is C8H5Cl3O2S. The first-order valence-corrected chi connectivity index (χ1v) is 5.62. The molecule has 0 aliphatic carbocycles. The zero-order chi connectivity index (χ0) is 10.7. The molecule has 0 saturated heterocycles. The van der Waals surface area contributed by atoms with E-state index < -0.39 is 5.97 Å². The topological polar surface area (TPSA) is 37.3 Å². The SMILES string of the molecule is O=C(O)CSc1c(Cl)cc(Cl)cc1Cl. The fraction of sp³-hybridized carbons (Fsp3) is 0.125. The van der Waals surface area contributed by atoms with Crippen LogP contribution >= 0.6 is 46.6 Å². The molecule has 0 fully saturated rings. The van der Waals surface area contributed by atoms with Crippen molar-refractivity contribution in [2.75, 3.05) is 5.75 Å². The largest absolute Gasteiger partial charge is 0.481 e. The number of thioether (sulfide) groups is 1. The zero-order valence-corrected chi connectivity index (χ0v) is 9.84. The molecule has 0 atom stereocenters. The minimum absolute atomic E-state index is 0.0823. The van der Waals surface area contributed by atoms with E-state index in [0.717, 1.165) is 11.8 Å². The first-order valence-electron chi connectivity index (χ1n) is 3.50. The number of hydrogen-bond acceptors (Lipinski definition) is 2. The number of carboxylic acids is 1. The van der Waals surface area contributed by atoms with Crippen LogP contribution in [-0.2, 0) is 4.79 Å². The van der Waals surface area contributed by atoms with Crippen LogP contribution in [0.15, 0.2) is 17.0 Å². The molecule has 0 aliphatic heterocycles. The van der Waals surface area contributed by atoms with Crippen LogP contribution in [0.25, 0.3) is 0 Å². The van der Waals surface area contributed by atoms with Gasteiger partial charge in [0.25, 0.3) is 0 Å². The molecule has 0 spiro atoms. The molecule has 14 heavy (non-hydrogen) atoms. The lowest BCUT2D eigenvalue weighted by Crippen LogP contribution is -1.97. The Morgan fingerprint density at radius 1 is 1.29 bits per heavy atom. The molecule has 0 aromatic heterocycles. The molecule has 6 heteroatoms. The van der Waals surface area contributed by atoms with E-state index in [1.807, 2.05) is 0 Å². The summed E-state index contributed by atoms with van der Waals surface area (Å²) in [5, 5.41) is 9.65. The van der Waals surface area contributed by atoms with Gasteiger partial charge in [0.1, 0.15) is 0 Å². The Balaban J connectivity index is 2.91. The molecule has 0 saturated carbocycles. The van der Waals surface area contributed by atoms with E-state index in [0.29, 0.717) is 20.0 Å². The minimum atomic E-state index is -0.919. The molecular weight excluding hydrogens is 267 g/mol. The van der Waals surface area contributed by atoms with Crippen molar-refractivity contribution < 1.29 is 9.90 Å². The summed E-state index contributed by atoms with van der Waals surface area (Å²) in [4.78, 5) is 10.9. The predicted octanol–water partition coefficient (Wildman–Crippen LogP) is 3.82. The summed E-state index contributed by atoms with van der Waals surface area (Å²) in [7, 11) is 0.